The average Bonchev–Trinajstić information content (AvgIpc) is 2.36. The summed E-state index contributed by atoms with van der Waals surface area (Å²) in [6, 6.07) is 3.50. The van der Waals surface area contributed by atoms with Crippen LogP contribution in [0.5, 0.6) is 0 Å². The van der Waals surface area contributed by atoms with Crippen molar-refractivity contribution in [3.8, 4) is 0 Å². The molecule has 1 aromatic rings. The van der Waals surface area contributed by atoms with Crippen molar-refractivity contribution in [1.82, 2.24) is 5.32 Å². The standard InChI is InChI=1S/C11H14FN.ClH/c1-8-10-5-7-13-6-4-9(10)2-3-11(8)12;/h2-3,13H,4-7H2,1H3;1H. The molecule has 2 rings (SSSR count). The Bertz CT molecular complexity index is 325. The Balaban J connectivity index is 0.000000980. The van der Waals surface area contributed by atoms with Crippen LogP contribution in [0.3, 0.4) is 0 Å². The Kier molecular flexibility index (Phi) is 3.90. The van der Waals surface area contributed by atoms with Crippen molar-refractivity contribution in [3.05, 3.63) is 34.6 Å². The lowest BCUT2D eigenvalue weighted by Crippen LogP contribution is -2.16. The van der Waals surface area contributed by atoms with Gasteiger partial charge in [0.15, 0.2) is 0 Å². The van der Waals surface area contributed by atoms with Gasteiger partial charge in [-0.1, -0.05) is 6.07 Å². The Morgan fingerprint density at radius 2 is 1.93 bits per heavy atom. The van der Waals surface area contributed by atoms with E-state index in [4.69, 9.17) is 0 Å². The lowest BCUT2D eigenvalue weighted by Gasteiger charge is -2.08. The molecule has 1 aliphatic rings. The van der Waals surface area contributed by atoms with Gasteiger partial charge in [0.1, 0.15) is 5.82 Å². The molecule has 1 N–H and O–H groups in total. The predicted octanol–water partition coefficient (Wildman–Crippen LogP) is 2.24. The predicted molar refractivity (Wildman–Crippen MR) is 58.7 cm³/mol. The first-order valence-corrected chi connectivity index (χ1v) is 4.76. The lowest BCUT2D eigenvalue weighted by molar-refractivity contribution is 0.614. The quantitative estimate of drug-likeness (QED) is 0.700. The van der Waals surface area contributed by atoms with E-state index < -0.39 is 0 Å². The van der Waals surface area contributed by atoms with Crippen LogP contribution >= 0.6 is 12.4 Å². The molecule has 0 bridgehead atoms. The molecule has 0 aliphatic carbocycles. The van der Waals surface area contributed by atoms with Gasteiger partial charge in [-0.05, 0) is 55.6 Å². The highest BCUT2D eigenvalue weighted by Crippen LogP contribution is 2.19. The Morgan fingerprint density at radius 3 is 2.71 bits per heavy atom. The highest BCUT2D eigenvalue weighted by molar-refractivity contribution is 5.85. The molecule has 14 heavy (non-hydrogen) atoms. The van der Waals surface area contributed by atoms with Gasteiger partial charge in [0, 0.05) is 0 Å². The number of halogens is 2. The van der Waals surface area contributed by atoms with Crippen molar-refractivity contribution in [2.75, 3.05) is 13.1 Å². The van der Waals surface area contributed by atoms with Gasteiger partial charge in [0.25, 0.3) is 0 Å². The Labute approximate surface area is 90.1 Å². The molecule has 1 heterocycles. The monoisotopic (exact) mass is 215 g/mol. The van der Waals surface area contributed by atoms with Crippen molar-refractivity contribution >= 4 is 12.4 Å². The molecule has 0 amide bonds. The minimum Gasteiger partial charge on any atom is -0.316 e. The molecule has 3 heteroatoms. The van der Waals surface area contributed by atoms with Crippen molar-refractivity contribution in [2.24, 2.45) is 0 Å². The zero-order chi connectivity index (χ0) is 9.26. The Morgan fingerprint density at radius 1 is 1.21 bits per heavy atom. The second-order valence-corrected chi connectivity index (χ2v) is 3.56. The third-order valence-corrected chi connectivity index (χ3v) is 2.75. The molecule has 0 aromatic heterocycles. The molecule has 1 nitrogen and oxygen atoms in total. The van der Waals surface area contributed by atoms with E-state index >= 15 is 0 Å². The fraction of sp³-hybridized carbons (Fsp3) is 0.455. The molecule has 78 valence electrons. The van der Waals surface area contributed by atoms with Crippen LogP contribution in [0.1, 0.15) is 16.7 Å². The van der Waals surface area contributed by atoms with Crippen LogP contribution in [-0.2, 0) is 12.8 Å². The number of benzene rings is 1. The summed E-state index contributed by atoms with van der Waals surface area (Å²) in [6.45, 7) is 3.86. The maximum atomic E-state index is 13.2. The maximum Gasteiger partial charge on any atom is 0.126 e. The minimum absolute atomic E-state index is 0. The highest BCUT2D eigenvalue weighted by atomic mass is 35.5. The number of hydrogen-bond donors (Lipinski definition) is 1. The van der Waals surface area contributed by atoms with E-state index in [1.807, 2.05) is 13.0 Å². The van der Waals surface area contributed by atoms with Crippen molar-refractivity contribution in [1.29, 1.82) is 0 Å². The first-order chi connectivity index (χ1) is 6.29. The van der Waals surface area contributed by atoms with E-state index in [-0.39, 0.29) is 18.2 Å². The van der Waals surface area contributed by atoms with E-state index in [1.165, 1.54) is 11.1 Å². The van der Waals surface area contributed by atoms with Gasteiger partial charge in [-0.25, -0.2) is 4.39 Å². The molecular weight excluding hydrogens is 201 g/mol. The van der Waals surface area contributed by atoms with E-state index in [2.05, 4.69) is 5.32 Å². The van der Waals surface area contributed by atoms with E-state index in [0.717, 1.165) is 31.5 Å². The summed E-state index contributed by atoms with van der Waals surface area (Å²) in [5.41, 5.74) is 3.36. The molecule has 0 fully saturated rings. The number of hydrogen-bond acceptors (Lipinski definition) is 1. The summed E-state index contributed by atoms with van der Waals surface area (Å²) in [5.74, 6) is -0.0688. The van der Waals surface area contributed by atoms with E-state index in [9.17, 15) is 4.39 Å². The second-order valence-electron chi connectivity index (χ2n) is 3.56. The minimum atomic E-state index is -0.0688. The summed E-state index contributed by atoms with van der Waals surface area (Å²) in [7, 11) is 0. The van der Waals surface area contributed by atoms with Crippen LogP contribution in [0.25, 0.3) is 0 Å². The van der Waals surface area contributed by atoms with Gasteiger partial charge in [-0.2, -0.15) is 0 Å². The van der Waals surface area contributed by atoms with E-state index in [1.54, 1.807) is 6.07 Å². The maximum absolute atomic E-state index is 13.2. The summed E-state index contributed by atoms with van der Waals surface area (Å²) in [5, 5.41) is 3.32. The third kappa shape index (κ3) is 2.07. The summed E-state index contributed by atoms with van der Waals surface area (Å²) in [4.78, 5) is 0. The molecule has 1 aromatic carbocycles. The van der Waals surface area contributed by atoms with Gasteiger partial charge >= 0.3 is 0 Å². The SMILES string of the molecule is Cc1c(F)ccc2c1CCNCC2.Cl. The molecule has 1 aliphatic heterocycles. The van der Waals surface area contributed by atoms with Crippen molar-refractivity contribution in [3.63, 3.8) is 0 Å². The zero-order valence-electron chi connectivity index (χ0n) is 8.27. The normalized spacial score (nSPS) is 15.3. The summed E-state index contributed by atoms with van der Waals surface area (Å²) in [6.07, 6.45) is 1.98. The molecule has 0 spiro atoms. The molecule has 0 unspecified atom stereocenters. The third-order valence-electron chi connectivity index (χ3n) is 2.75. The Hall–Kier alpha value is -0.600. The molecule has 0 saturated carbocycles. The highest BCUT2D eigenvalue weighted by Gasteiger charge is 2.11. The summed E-state index contributed by atoms with van der Waals surface area (Å²) < 4.78 is 13.2. The molecule has 0 radical (unpaired) electrons. The average molecular weight is 216 g/mol. The topological polar surface area (TPSA) is 12.0 Å². The van der Waals surface area contributed by atoms with Crippen molar-refractivity contribution < 1.29 is 4.39 Å². The first-order valence-electron chi connectivity index (χ1n) is 4.76. The molecule has 0 atom stereocenters. The largest absolute Gasteiger partial charge is 0.316 e. The number of fused-ring (bicyclic) bond motifs is 1. The van der Waals surface area contributed by atoms with Crippen molar-refractivity contribution in [2.45, 2.75) is 19.8 Å². The fourth-order valence-electron chi connectivity index (χ4n) is 1.93. The fourth-order valence-corrected chi connectivity index (χ4v) is 1.93. The van der Waals surface area contributed by atoms with Crippen LogP contribution in [0.15, 0.2) is 12.1 Å². The lowest BCUT2D eigenvalue weighted by atomic mass is 9.98. The van der Waals surface area contributed by atoms with Gasteiger partial charge in [0.05, 0.1) is 0 Å². The molecule has 0 saturated heterocycles. The van der Waals surface area contributed by atoms with Crippen LogP contribution in [-0.4, -0.2) is 13.1 Å². The zero-order valence-corrected chi connectivity index (χ0v) is 9.09. The van der Waals surface area contributed by atoms with E-state index in [0.29, 0.717) is 0 Å². The van der Waals surface area contributed by atoms with Crippen LogP contribution < -0.4 is 5.32 Å². The second kappa shape index (κ2) is 4.76. The van der Waals surface area contributed by atoms with Gasteiger partial charge < -0.3 is 5.32 Å². The van der Waals surface area contributed by atoms with Crippen LogP contribution in [0.2, 0.25) is 0 Å². The number of rotatable bonds is 0. The summed E-state index contributed by atoms with van der Waals surface area (Å²) >= 11 is 0. The number of nitrogens with one attached hydrogen (secondary N) is 1. The van der Waals surface area contributed by atoms with Crippen LogP contribution in [0.4, 0.5) is 4.39 Å². The van der Waals surface area contributed by atoms with Crippen LogP contribution in [0, 0.1) is 12.7 Å². The van der Waals surface area contributed by atoms with Gasteiger partial charge in [0.2, 0.25) is 0 Å². The first kappa shape index (κ1) is 11.5. The smallest absolute Gasteiger partial charge is 0.126 e. The molecular formula is C11H15ClFN. The van der Waals surface area contributed by atoms with Gasteiger partial charge in [-0.3, -0.25) is 0 Å². The van der Waals surface area contributed by atoms with Gasteiger partial charge in [-0.15, -0.1) is 12.4 Å².